The van der Waals surface area contributed by atoms with Crippen molar-refractivity contribution in [1.29, 1.82) is 0 Å². The van der Waals surface area contributed by atoms with E-state index in [1.807, 2.05) is 0 Å². The number of H-pyrrole nitrogens is 1. The second kappa shape index (κ2) is 10.4. The molecule has 0 spiro atoms. The Morgan fingerprint density at radius 2 is 1.84 bits per heavy atom. The predicted octanol–water partition coefficient (Wildman–Crippen LogP) is 3.12. The van der Waals surface area contributed by atoms with Gasteiger partial charge >= 0.3 is 5.69 Å². The summed E-state index contributed by atoms with van der Waals surface area (Å²) >= 11 is 12.5. The molecule has 198 valence electrons. The third kappa shape index (κ3) is 5.62. The summed E-state index contributed by atoms with van der Waals surface area (Å²) in [4.78, 5) is 24.9. The molecule has 37 heavy (non-hydrogen) atoms. The molecule has 0 atom stereocenters. The molecule has 16 heteroatoms. The Bertz CT molecular complexity index is 1550. The number of aromatic hydroxyl groups is 1. The van der Waals surface area contributed by atoms with E-state index in [0.717, 1.165) is 24.3 Å². The number of benzene rings is 2. The summed E-state index contributed by atoms with van der Waals surface area (Å²) in [5, 5.41) is 13.1. The number of aromatic amines is 1. The number of phenolic OH excluding ortho intramolecular Hbond substituents is 1. The Hall–Kier alpha value is -3.04. The Kier molecular flexibility index (Phi) is 7.57. The summed E-state index contributed by atoms with van der Waals surface area (Å²) in [5.41, 5.74) is -3.78. The van der Waals surface area contributed by atoms with E-state index >= 15 is 0 Å². The highest BCUT2D eigenvalue weighted by atomic mass is 35.5. The molecule has 1 saturated carbocycles. The van der Waals surface area contributed by atoms with Crippen LogP contribution in [0.15, 0.2) is 44.8 Å². The van der Waals surface area contributed by atoms with Crippen LogP contribution in [-0.4, -0.2) is 47.5 Å². The van der Waals surface area contributed by atoms with Crippen LogP contribution >= 0.6 is 23.2 Å². The smallest absolute Gasteiger partial charge is 0.349 e. The van der Waals surface area contributed by atoms with Gasteiger partial charge in [-0.25, -0.2) is 26.7 Å². The lowest BCUT2D eigenvalue weighted by Gasteiger charge is -2.34. The molecule has 1 aromatic heterocycles. The van der Waals surface area contributed by atoms with E-state index < -0.39 is 44.0 Å². The number of ether oxygens (including phenoxy) is 2. The van der Waals surface area contributed by atoms with Crippen molar-refractivity contribution in [2.45, 2.75) is 36.3 Å². The van der Waals surface area contributed by atoms with Gasteiger partial charge in [0.1, 0.15) is 16.4 Å². The van der Waals surface area contributed by atoms with Crippen LogP contribution in [0, 0.1) is 0 Å². The van der Waals surface area contributed by atoms with Crippen molar-refractivity contribution in [2.75, 3.05) is 7.11 Å². The second-order valence-corrected chi connectivity index (χ2v) is 10.5. The van der Waals surface area contributed by atoms with Crippen molar-refractivity contribution in [3.8, 4) is 22.9 Å². The maximum Gasteiger partial charge on any atom is 0.349 e. The van der Waals surface area contributed by atoms with Crippen LogP contribution in [0.3, 0.4) is 0 Å². The first kappa shape index (κ1) is 27.0. The third-order valence-corrected chi connectivity index (χ3v) is 7.59. The molecule has 4 rings (SSSR count). The zero-order valence-electron chi connectivity index (χ0n) is 18.7. The second-order valence-electron chi connectivity index (χ2n) is 7.97. The highest BCUT2D eigenvalue weighted by Crippen LogP contribution is 2.39. The Balaban J connectivity index is 1.63. The van der Waals surface area contributed by atoms with Crippen molar-refractivity contribution < 1.29 is 31.8 Å². The minimum atomic E-state index is -4.12. The molecule has 0 aliphatic heterocycles. The van der Waals surface area contributed by atoms with Crippen LogP contribution in [0.2, 0.25) is 10.0 Å². The fourth-order valence-corrected chi connectivity index (χ4v) is 5.45. The number of sulfonamides is 1. The quantitative estimate of drug-likeness (QED) is 0.368. The maximum absolute atomic E-state index is 13.1. The number of rotatable bonds is 8. The van der Waals surface area contributed by atoms with Gasteiger partial charge in [0.05, 0.1) is 21.8 Å². The monoisotopic (exact) mass is 578 g/mol. The molecule has 0 bridgehead atoms. The Labute approximate surface area is 217 Å². The maximum atomic E-state index is 13.1. The lowest BCUT2D eigenvalue weighted by atomic mass is 9.90. The van der Waals surface area contributed by atoms with Gasteiger partial charge in [-0.3, -0.25) is 9.78 Å². The number of hydrogen-bond donors (Lipinski definition) is 3. The van der Waals surface area contributed by atoms with Crippen molar-refractivity contribution in [3.63, 3.8) is 0 Å². The van der Waals surface area contributed by atoms with Gasteiger partial charge in [-0.15, -0.1) is 0 Å². The van der Waals surface area contributed by atoms with E-state index in [4.69, 9.17) is 32.7 Å². The molecule has 2 aromatic carbocycles. The fraction of sp³-hybridized carbons (Fsp3) is 0.286. The van der Waals surface area contributed by atoms with E-state index in [0.29, 0.717) is 17.5 Å². The van der Waals surface area contributed by atoms with Crippen LogP contribution in [0.25, 0.3) is 5.69 Å². The molecule has 11 nitrogen and oxygen atoms in total. The van der Waals surface area contributed by atoms with E-state index in [9.17, 15) is 31.9 Å². The molecule has 3 N–H and O–H groups in total. The first-order valence-electron chi connectivity index (χ1n) is 10.5. The number of hydrogen-bond acceptors (Lipinski definition) is 8. The van der Waals surface area contributed by atoms with E-state index in [2.05, 4.69) is 9.82 Å². The Morgan fingerprint density at radius 1 is 1.19 bits per heavy atom. The van der Waals surface area contributed by atoms with Crippen LogP contribution in [0.5, 0.6) is 17.2 Å². The highest BCUT2D eigenvalue weighted by Gasteiger charge is 2.33. The lowest BCUT2D eigenvalue weighted by Crippen LogP contribution is -2.47. The van der Waals surface area contributed by atoms with Gasteiger partial charge in [-0.05, 0) is 37.1 Å². The van der Waals surface area contributed by atoms with E-state index in [1.165, 1.54) is 13.2 Å². The summed E-state index contributed by atoms with van der Waals surface area (Å²) in [6, 6.07) is 5.32. The van der Waals surface area contributed by atoms with Crippen molar-refractivity contribution >= 4 is 33.2 Å². The number of phenols is 1. The van der Waals surface area contributed by atoms with Gasteiger partial charge < -0.3 is 14.6 Å². The van der Waals surface area contributed by atoms with Gasteiger partial charge in [-0.1, -0.05) is 23.2 Å². The normalized spacial score (nSPS) is 17.6. The molecular weight excluding hydrogens is 561 g/mol. The first-order chi connectivity index (χ1) is 17.4. The summed E-state index contributed by atoms with van der Waals surface area (Å²) in [5.74, 6) is -0.742. The molecular formula is C21H18Cl2F2N4O7S. The minimum absolute atomic E-state index is 0.0487. The van der Waals surface area contributed by atoms with Gasteiger partial charge in [0, 0.05) is 19.2 Å². The number of nitrogens with zero attached hydrogens (tertiary/aromatic N) is 2. The Morgan fingerprint density at radius 3 is 2.43 bits per heavy atom. The van der Waals surface area contributed by atoms with Crippen molar-refractivity contribution in [3.05, 3.63) is 66.9 Å². The molecule has 1 aliphatic carbocycles. The van der Waals surface area contributed by atoms with Crippen molar-refractivity contribution in [2.24, 2.45) is 0 Å². The van der Waals surface area contributed by atoms with E-state index in [1.54, 1.807) is 4.98 Å². The number of alkyl halides is 2. The molecule has 1 aliphatic rings. The predicted molar refractivity (Wildman–Crippen MR) is 128 cm³/mol. The fourth-order valence-electron chi connectivity index (χ4n) is 3.52. The number of nitrogens with one attached hydrogen (secondary N) is 2. The van der Waals surface area contributed by atoms with Crippen LogP contribution < -0.4 is 20.7 Å². The zero-order valence-corrected chi connectivity index (χ0v) is 21.1. The molecule has 0 amide bonds. The van der Waals surface area contributed by atoms with Gasteiger partial charge in [0.2, 0.25) is 10.0 Å². The largest absolute Gasteiger partial charge is 0.507 e. The molecule has 3 aromatic rings. The van der Waals surface area contributed by atoms with Gasteiger partial charge in [0.25, 0.3) is 12.0 Å². The standard InChI is InChI=1S/C21H18Cl2F2N4O7S/c1-35-12-4-9(5-12)28-37(33,34)16-8-11(2-3-15(16)30)36-18-13(22)6-10(7-14(18)23)29-21(32)26-20(31)17(27-29)19(24)25/h2-3,6-9,12,19,28,30H,4-5H2,1H3,(H,26,31,32). The molecule has 1 fully saturated rings. The highest BCUT2D eigenvalue weighted by molar-refractivity contribution is 7.89. The van der Waals surface area contributed by atoms with Crippen LogP contribution in [0.4, 0.5) is 8.78 Å². The number of methoxy groups -OCH3 is 1. The average molecular weight is 579 g/mol. The van der Waals surface area contributed by atoms with Gasteiger partial charge in [0.15, 0.2) is 11.4 Å². The molecule has 0 unspecified atom stereocenters. The molecule has 0 saturated heterocycles. The number of aromatic nitrogens is 3. The SMILES string of the molecule is COC1CC(NS(=O)(=O)c2cc(Oc3c(Cl)cc(-n4nc(C(F)F)c(=O)[nH]c4=O)cc3Cl)ccc2O)C1. The van der Waals surface area contributed by atoms with Crippen LogP contribution in [0.1, 0.15) is 25.0 Å². The number of halogens is 4. The molecule has 0 radical (unpaired) electrons. The summed E-state index contributed by atoms with van der Waals surface area (Å²) in [6.45, 7) is 0. The minimum Gasteiger partial charge on any atom is -0.507 e. The van der Waals surface area contributed by atoms with Crippen molar-refractivity contribution in [1.82, 2.24) is 19.5 Å². The average Bonchev–Trinajstić information content (AvgIpc) is 2.79. The lowest BCUT2D eigenvalue weighted by molar-refractivity contribution is 0.0236. The molecule has 1 heterocycles. The van der Waals surface area contributed by atoms with Gasteiger partial charge in [-0.2, -0.15) is 9.78 Å². The van der Waals surface area contributed by atoms with E-state index in [-0.39, 0.29) is 39.4 Å². The third-order valence-electron chi connectivity index (χ3n) is 5.48. The summed E-state index contributed by atoms with van der Waals surface area (Å²) in [6.07, 6.45) is -2.33. The topological polar surface area (TPSA) is 153 Å². The summed E-state index contributed by atoms with van der Waals surface area (Å²) in [7, 11) is -2.59. The van der Waals surface area contributed by atoms with Crippen LogP contribution in [-0.2, 0) is 14.8 Å². The summed E-state index contributed by atoms with van der Waals surface area (Å²) < 4.78 is 65.4. The first-order valence-corrected chi connectivity index (χ1v) is 12.7. The zero-order chi connectivity index (χ0) is 27.1.